The summed E-state index contributed by atoms with van der Waals surface area (Å²) in [5, 5.41) is 2.45. The molecular weight excluding hydrogens is 294 g/mol. The molecule has 0 spiro atoms. The van der Waals surface area contributed by atoms with Gasteiger partial charge in [-0.1, -0.05) is 42.5 Å². The summed E-state index contributed by atoms with van der Waals surface area (Å²) >= 11 is 0. The van der Waals surface area contributed by atoms with Crippen molar-refractivity contribution in [2.75, 3.05) is 4.90 Å². The molecule has 0 N–H and O–H groups in total. The van der Waals surface area contributed by atoms with Crippen molar-refractivity contribution < 1.29 is 4.74 Å². The highest BCUT2D eigenvalue weighted by Gasteiger charge is 2.22. The topological polar surface area (TPSA) is 12.5 Å². The fourth-order valence-electron chi connectivity index (χ4n) is 3.96. The van der Waals surface area contributed by atoms with Crippen molar-refractivity contribution in [2.45, 2.75) is 25.3 Å². The number of benzene rings is 2. The second-order valence-corrected chi connectivity index (χ2v) is 6.55. The van der Waals surface area contributed by atoms with E-state index < -0.39 is 0 Å². The largest absolute Gasteiger partial charge is 0.464 e. The Kier molecular flexibility index (Phi) is 3.08. The van der Waals surface area contributed by atoms with Crippen LogP contribution in [0.2, 0.25) is 0 Å². The molecule has 1 aliphatic carbocycles. The number of hydrogen-bond acceptors (Lipinski definition) is 2. The lowest BCUT2D eigenvalue weighted by atomic mass is 9.95. The monoisotopic (exact) mass is 313 g/mol. The van der Waals surface area contributed by atoms with Crippen molar-refractivity contribution in [3.8, 4) is 16.9 Å². The van der Waals surface area contributed by atoms with Gasteiger partial charge in [0.15, 0.2) is 0 Å². The van der Waals surface area contributed by atoms with Crippen LogP contribution in [0.5, 0.6) is 5.75 Å². The van der Waals surface area contributed by atoms with E-state index in [2.05, 4.69) is 59.7 Å². The fourth-order valence-corrected chi connectivity index (χ4v) is 3.96. The summed E-state index contributed by atoms with van der Waals surface area (Å²) in [7, 11) is 0. The quantitative estimate of drug-likeness (QED) is 0.744. The van der Waals surface area contributed by atoms with E-state index in [9.17, 15) is 0 Å². The molecule has 0 fully saturated rings. The minimum Gasteiger partial charge on any atom is -0.464 e. The van der Waals surface area contributed by atoms with Crippen molar-refractivity contribution in [1.29, 1.82) is 0 Å². The maximum absolute atomic E-state index is 5.90. The Bertz CT molecular complexity index is 984. The Labute approximate surface area is 141 Å². The maximum atomic E-state index is 5.90. The zero-order valence-electron chi connectivity index (χ0n) is 13.5. The van der Waals surface area contributed by atoms with Gasteiger partial charge in [-0.15, -0.1) is 0 Å². The van der Waals surface area contributed by atoms with Gasteiger partial charge >= 0.3 is 0 Å². The van der Waals surface area contributed by atoms with Gasteiger partial charge in [-0.3, -0.25) is 0 Å². The predicted octanol–water partition coefficient (Wildman–Crippen LogP) is 3.71. The van der Waals surface area contributed by atoms with Gasteiger partial charge in [-0.2, -0.15) is 0 Å². The SMILES string of the molecule is C1=CN(C2CC=CCC2)c2ccc3c(c2=C1)=COc1ccccc1-3. The Hall–Kier alpha value is -2.74. The van der Waals surface area contributed by atoms with Gasteiger partial charge in [0, 0.05) is 33.9 Å². The van der Waals surface area contributed by atoms with Gasteiger partial charge < -0.3 is 9.64 Å². The second-order valence-electron chi connectivity index (χ2n) is 6.55. The van der Waals surface area contributed by atoms with Gasteiger partial charge in [0.2, 0.25) is 0 Å². The zero-order valence-corrected chi connectivity index (χ0v) is 13.5. The first-order valence-electron chi connectivity index (χ1n) is 8.63. The molecular formula is C22H19NO. The number of hydrogen-bond donors (Lipinski definition) is 0. The fraction of sp³-hybridized carbons (Fsp3) is 0.182. The third kappa shape index (κ3) is 2.03. The Morgan fingerprint density at radius 3 is 2.83 bits per heavy atom. The van der Waals surface area contributed by atoms with Crippen LogP contribution in [0.4, 0.5) is 5.69 Å². The van der Waals surface area contributed by atoms with E-state index in [1.165, 1.54) is 40.1 Å². The van der Waals surface area contributed by atoms with Gasteiger partial charge in [-0.05, 0) is 43.0 Å². The minimum atomic E-state index is 0.550. The van der Waals surface area contributed by atoms with Gasteiger partial charge in [0.05, 0.1) is 6.26 Å². The van der Waals surface area contributed by atoms with Crippen molar-refractivity contribution in [2.24, 2.45) is 0 Å². The first kappa shape index (κ1) is 13.7. The molecule has 0 amide bonds. The molecule has 0 bridgehead atoms. The Morgan fingerprint density at radius 1 is 0.958 bits per heavy atom. The summed E-state index contributed by atoms with van der Waals surface area (Å²) in [5.41, 5.74) is 3.72. The summed E-state index contributed by atoms with van der Waals surface area (Å²) in [6.45, 7) is 0. The molecule has 3 aliphatic rings. The third-order valence-electron chi connectivity index (χ3n) is 5.17. The van der Waals surface area contributed by atoms with Crippen molar-refractivity contribution in [3.63, 3.8) is 0 Å². The highest BCUT2D eigenvalue weighted by molar-refractivity contribution is 5.78. The molecule has 0 radical (unpaired) electrons. The number of fused-ring (bicyclic) bond motifs is 5. The molecule has 0 saturated heterocycles. The molecule has 24 heavy (non-hydrogen) atoms. The van der Waals surface area contributed by atoms with E-state index in [0.29, 0.717) is 6.04 Å². The zero-order chi connectivity index (χ0) is 15.9. The van der Waals surface area contributed by atoms with Crippen LogP contribution in [0.15, 0.2) is 60.8 Å². The molecule has 0 aromatic heterocycles. The van der Waals surface area contributed by atoms with Crippen molar-refractivity contribution in [1.82, 2.24) is 0 Å². The number of nitrogens with zero attached hydrogens (tertiary/aromatic N) is 1. The molecule has 5 rings (SSSR count). The van der Waals surface area contributed by atoms with Gasteiger partial charge in [0.25, 0.3) is 0 Å². The second kappa shape index (κ2) is 5.41. The number of para-hydroxylation sites is 1. The molecule has 118 valence electrons. The smallest absolute Gasteiger partial charge is 0.134 e. The Morgan fingerprint density at radius 2 is 1.92 bits per heavy atom. The van der Waals surface area contributed by atoms with Crippen LogP contribution >= 0.6 is 0 Å². The van der Waals surface area contributed by atoms with E-state index in [1.807, 2.05) is 18.4 Å². The van der Waals surface area contributed by atoms with Crippen LogP contribution in [0.1, 0.15) is 19.3 Å². The average molecular weight is 313 g/mol. The van der Waals surface area contributed by atoms with Crippen LogP contribution in [-0.4, -0.2) is 6.04 Å². The standard InChI is InChI=1S/C22H19NO/c1-2-7-16(8-3-1)23-14-6-10-18-20-15-24-22-11-5-4-9-19(22)17(20)12-13-21(18)23/h1-2,4-6,9-16H,3,7-8H2. The molecule has 2 heterocycles. The molecule has 1 unspecified atom stereocenters. The molecule has 1 atom stereocenters. The van der Waals surface area contributed by atoms with Crippen LogP contribution in [-0.2, 0) is 0 Å². The number of rotatable bonds is 1. The highest BCUT2D eigenvalue weighted by Crippen LogP contribution is 2.31. The lowest BCUT2D eigenvalue weighted by Crippen LogP contribution is -2.41. The summed E-state index contributed by atoms with van der Waals surface area (Å²) in [5.74, 6) is 0.936. The molecule has 2 heteroatoms. The summed E-state index contributed by atoms with van der Waals surface area (Å²) in [6.07, 6.45) is 16.6. The summed E-state index contributed by atoms with van der Waals surface area (Å²) < 4.78 is 5.90. The van der Waals surface area contributed by atoms with E-state index in [1.54, 1.807) is 0 Å². The maximum Gasteiger partial charge on any atom is 0.134 e. The van der Waals surface area contributed by atoms with Gasteiger partial charge in [0.1, 0.15) is 5.75 Å². The predicted molar refractivity (Wildman–Crippen MR) is 99.1 cm³/mol. The van der Waals surface area contributed by atoms with Crippen LogP contribution in [0.25, 0.3) is 23.5 Å². The average Bonchev–Trinajstić information content (AvgIpc) is 2.67. The van der Waals surface area contributed by atoms with E-state index >= 15 is 0 Å². The lowest BCUT2D eigenvalue weighted by Gasteiger charge is -2.33. The minimum absolute atomic E-state index is 0.550. The normalized spacial score (nSPS) is 20.2. The van der Waals surface area contributed by atoms with Crippen molar-refractivity contribution >= 4 is 18.0 Å². The van der Waals surface area contributed by atoms with E-state index in [-0.39, 0.29) is 0 Å². The van der Waals surface area contributed by atoms with Crippen LogP contribution in [0, 0.1) is 0 Å². The number of allylic oxidation sites excluding steroid dienone is 2. The number of anilines is 1. The molecule has 2 nitrogen and oxygen atoms in total. The van der Waals surface area contributed by atoms with Crippen LogP contribution < -0.4 is 20.1 Å². The first-order chi connectivity index (χ1) is 11.9. The lowest BCUT2D eigenvalue weighted by molar-refractivity contribution is 0.537. The molecule has 2 aliphatic heterocycles. The van der Waals surface area contributed by atoms with Gasteiger partial charge in [-0.25, -0.2) is 0 Å². The van der Waals surface area contributed by atoms with Crippen molar-refractivity contribution in [3.05, 3.63) is 71.3 Å². The third-order valence-corrected chi connectivity index (χ3v) is 5.17. The summed E-state index contributed by atoms with van der Waals surface area (Å²) in [4.78, 5) is 2.44. The van der Waals surface area contributed by atoms with Crippen LogP contribution in [0.3, 0.4) is 0 Å². The Balaban J connectivity index is 1.68. The molecule has 0 saturated carbocycles. The van der Waals surface area contributed by atoms with E-state index in [0.717, 1.165) is 12.2 Å². The first-order valence-corrected chi connectivity index (χ1v) is 8.63. The molecule has 2 aromatic rings. The number of ether oxygens (including phenoxy) is 1. The summed E-state index contributed by atoms with van der Waals surface area (Å²) in [6, 6.07) is 13.3. The highest BCUT2D eigenvalue weighted by atomic mass is 16.5. The van der Waals surface area contributed by atoms with E-state index in [4.69, 9.17) is 4.74 Å². The molecule has 2 aromatic carbocycles.